The first kappa shape index (κ1) is 29.2. The Kier molecular flexibility index (Phi) is 10.4. The Balaban J connectivity index is 2.48. The van der Waals surface area contributed by atoms with Crippen molar-refractivity contribution >= 4 is 17.9 Å². The zero-order valence-corrected chi connectivity index (χ0v) is 22.9. The first-order valence-electron chi connectivity index (χ1n) is 13.1. The maximum atomic E-state index is 14.1. The highest BCUT2D eigenvalue weighted by Crippen LogP contribution is 2.34. The van der Waals surface area contributed by atoms with Gasteiger partial charge in [0.15, 0.2) is 0 Å². The molecule has 2 N–H and O–H groups in total. The Bertz CT molecular complexity index is 939. The van der Waals surface area contributed by atoms with Crippen molar-refractivity contribution in [3.63, 3.8) is 0 Å². The zero-order chi connectivity index (χ0) is 27.0. The van der Waals surface area contributed by atoms with Crippen LogP contribution >= 0.6 is 0 Å². The topological polar surface area (TPSA) is 87.7 Å². The molecule has 0 saturated heterocycles. The summed E-state index contributed by atoms with van der Waals surface area (Å²) >= 11 is 0. The molecule has 1 aromatic rings. The standard InChI is InChI=1S/C29H43N3O4/c1-9-12-20(5)30-26(33)25(22-17-15-21(10-2)16-18-22)32(23-13-11-14-23)27(34)24(19(3)4)31-28(35)36-29(6,7)8/h2,15-20,23-25H,9,11-14H2,1,3-8H3,(H,30,33)(H,31,35). The van der Waals surface area contributed by atoms with Crippen LogP contribution in [0.1, 0.15) is 97.7 Å². The lowest BCUT2D eigenvalue weighted by Gasteiger charge is -2.44. The molecule has 1 fully saturated rings. The molecule has 2 rings (SSSR count). The summed E-state index contributed by atoms with van der Waals surface area (Å²) in [4.78, 5) is 42.1. The van der Waals surface area contributed by atoms with Gasteiger partial charge in [0.25, 0.3) is 0 Å². The molecule has 7 nitrogen and oxygen atoms in total. The maximum absolute atomic E-state index is 14.1. The van der Waals surface area contributed by atoms with Crippen LogP contribution in [0, 0.1) is 18.3 Å². The molecule has 0 aromatic heterocycles. The van der Waals surface area contributed by atoms with E-state index < -0.39 is 23.8 Å². The van der Waals surface area contributed by atoms with E-state index in [9.17, 15) is 14.4 Å². The number of carbonyl (C=O) groups excluding carboxylic acids is 3. The summed E-state index contributed by atoms with van der Waals surface area (Å²) in [5.74, 6) is 1.87. The second-order valence-corrected chi connectivity index (χ2v) is 11.1. The number of hydrogen-bond donors (Lipinski definition) is 2. The Morgan fingerprint density at radius 3 is 2.17 bits per heavy atom. The van der Waals surface area contributed by atoms with Crippen LogP contribution in [-0.2, 0) is 14.3 Å². The number of carbonyl (C=O) groups is 3. The molecular weight excluding hydrogens is 454 g/mol. The summed E-state index contributed by atoms with van der Waals surface area (Å²) < 4.78 is 5.43. The van der Waals surface area contributed by atoms with Crippen molar-refractivity contribution in [2.45, 2.75) is 110 Å². The van der Waals surface area contributed by atoms with Gasteiger partial charge >= 0.3 is 6.09 Å². The SMILES string of the molecule is C#Cc1ccc(C(C(=O)NC(C)CCC)N(C(=O)C(NC(=O)OC(C)(C)C)C(C)C)C2CCC2)cc1. The van der Waals surface area contributed by atoms with Gasteiger partial charge in [0.2, 0.25) is 11.8 Å². The van der Waals surface area contributed by atoms with Crippen LogP contribution in [0.3, 0.4) is 0 Å². The van der Waals surface area contributed by atoms with Crippen molar-refractivity contribution in [3.05, 3.63) is 35.4 Å². The Morgan fingerprint density at radius 1 is 1.11 bits per heavy atom. The van der Waals surface area contributed by atoms with E-state index >= 15 is 0 Å². The van der Waals surface area contributed by atoms with Crippen molar-refractivity contribution in [1.29, 1.82) is 0 Å². The molecule has 3 unspecified atom stereocenters. The molecule has 1 aliphatic carbocycles. The van der Waals surface area contributed by atoms with Gasteiger partial charge in [-0.1, -0.05) is 45.2 Å². The number of nitrogens with zero attached hydrogens (tertiary/aromatic N) is 1. The third kappa shape index (κ3) is 8.01. The summed E-state index contributed by atoms with van der Waals surface area (Å²) in [6.45, 7) is 13.1. The molecule has 36 heavy (non-hydrogen) atoms. The third-order valence-corrected chi connectivity index (χ3v) is 6.36. The predicted molar refractivity (Wildman–Crippen MR) is 142 cm³/mol. The number of alkyl carbamates (subject to hydrolysis) is 1. The number of amides is 3. The molecule has 0 radical (unpaired) electrons. The Hall–Kier alpha value is -3.01. The van der Waals surface area contributed by atoms with Crippen LogP contribution < -0.4 is 10.6 Å². The minimum absolute atomic E-state index is 0.0332. The summed E-state index contributed by atoms with van der Waals surface area (Å²) in [6.07, 6.45) is 9.25. The lowest BCUT2D eigenvalue weighted by Crippen LogP contribution is -2.59. The van der Waals surface area contributed by atoms with Gasteiger partial charge < -0.3 is 20.3 Å². The van der Waals surface area contributed by atoms with Crippen LogP contribution in [-0.4, -0.2) is 46.5 Å². The molecule has 1 aliphatic rings. The van der Waals surface area contributed by atoms with Crippen LogP contribution in [0.5, 0.6) is 0 Å². The fraction of sp³-hybridized carbons (Fsp3) is 0.621. The minimum atomic E-state index is -0.839. The Labute approximate surface area is 216 Å². The molecule has 0 spiro atoms. The van der Waals surface area contributed by atoms with Crippen LogP contribution in [0.2, 0.25) is 0 Å². The summed E-state index contributed by atoms with van der Waals surface area (Å²) in [6, 6.07) is 5.39. The van der Waals surface area contributed by atoms with E-state index in [2.05, 4.69) is 23.5 Å². The van der Waals surface area contributed by atoms with Gasteiger partial charge in [-0.3, -0.25) is 9.59 Å². The first-order valence-corrected chi connectivity index (χ1v) is 13.1. The normalized spacial score (nSPS) is 16.2. The highest BCUT2D eigenvalue weighted by Gasteiger charge is 2.42. The van der Waals surface area contributed by atoms with Gasteiger partial charge in [-0.15, -0.1) is 6.42 Å². The van der Waals surface area contributed by atoms with E-state index in [1.165, 1.54) is 0 Å². The van der Waals surface area contributed by atoms with Gasteiger partial charge in [-0.25, -0.2) is 4.79 Å². The van der Waals surface area contributed by atoms with E-state index in [1.54, 1.807) is 37.8 Å². The van der Waals surface area contributed by atoms with Gasteiger partial charge in [0, 0.05) is 17.6 Å². The van der Waals surface area contributed by atoms with Crippen molar-refractivity contribution in [3.8, 4) is 12.3 Å². The van der Waals surface area contributed by atoms with Crippen molar-refractivity contribution in [1.82, 2.24) is 15.5 Å². The van der Waals surface area contributed by atoms with Crippen LogP contribution in [0.15, 0.2) is 24.3 Å². The lowest BCUT2D eigenvalue weighted by atomic mass is 9.87. The number of nitrogens with one attached hydrogen (secondary N) is 2. The number of benzene rings is 1. The van der Waals surface area contributed by atoms with Gasteiger partial charge in [0.05, 0.1) is 0 Å². The molecular formula is C29H43N3O4. The molecule has 198 valence electrons. The van der Waals surface area contributed by atoms with Crippen molar-refractivity contribution in [2.24, 2.45) is 5.92 Å². The van der Waals surface area contributed by atoms with E-state index in [0.29, 0.717) is 11.1 Å². The highest BCUT2D eigenvalue weighted by atomic mass is 16.6. The molecule has 0 bridgehead atoms. The minimum Gasteiger partial charge on any atom is -0.444 e. The van der Waals surface area contributed by atoms with Crippen molar-refractivity contribution in [2.75, 3.05) is 0 Å². The number of ether oxygens (including phenoxy) is 1. The zero-order valence-electron chi connectivity index (χ0n) is 22.9. The molecule has 1 aromatic carbocycles. The number of terminal acetylenes is 1. The van der Waals surface area contributed by atoms with E-state index in [1.807, 2.05) is 32.9 Å². The lowest BCUT2D eigenvalue weighted by molar-refractivity contribution is -0.148. The number of rotatable bonds is 10. The molecule has 3 atom stereocenters. The first-order chi connectivity index (χ1) is 16.9. The molecule has 7 heteroatoms. The summed E-state index contributed by atoms with van der Waals surface area (Å²) in [5.41, 5.74) is 0.694. The quantitative estimate of drug-likeness (QED) is 0.448. The third-order valence-electron chi connectivity index (χ3n) is 6.36. The average Bonchev–Trinajstić information content (AvgIpc) is 2.74. The Morgan fingerprint density at radius 2 is 1.72 bits per heavy atom. The summed E-state index contributed by atoms with van der Waals surface area (Å²) in [7, 11) is 0. The predicted octanol–water partition coefficient (Wildman–Crippen LogP) is 4.94. The fourth-order valence-corrected chi connectivity index (χ4v) is 4.32. The molecule has 0 heterocycles. The second-order valence-electron chi connectivity index (χ2n) is 11.1. The summed E-state index contributed by atoms with van der Waals surface area (Å²) in [5, 5.41) is 5.87. The van der Waals surface area contributed by atoms with Crippen molar-refractivity contribution < 1.29 is 19.1 Å². The highest BCUT2D eigenvalue weighted by molar-refractivity contribution is 5.92. The van der Waals surface area contributed by atoms with Crippen LogP contribution in [0.4, 0.5) is 4.79 Å². The fourth-order valence-electron chi connectivity index (χ4n) is 4.32. The van der Waals surface area contributed by atoms with Gasteiger partial charge in [-0.05, 0) is 77.0 Å². The van der Waals surface area contributed by atoms with Gasteiger partial charge in [0.1, 0.15) is 17.7 Å². The van der Waals surface area contributed by atoms with Crippen LogP contribution in [0.25, 0.3) is 0 Å². The largest absolute Gasteiger partial charge is 0.444 e. The van der Waals surface area contributed by atoms with E-state index in [-0.39, 0.29) is 29.8 Å². The van der Waals surface area contributed by atoms with E-state index in [4.69, 9.17) is 11.2 Å². The monoisotopic (exact) mass is 497 g/mol. The van der Waals surface area contributed by atoms with Gasteiger partial charge in [-0.2, -0.15) is 0 Å². The average molecular weight is 498 g/mol. The molecule has 1 saturated carbocycles. The smallest absolute Gasteiger partial charge is 0.408 e. The molecule has 0 aliphatic heterocycles. The number of hydrogen-bond acceptors (Lipinski definition) is 4. The second kappa shape index (κ2) is 12.8. The maximum Gasteiger partial charge on any atom is 0.408 e. The van der Waals surface area contributed by atoms with E-state index in [0.717, 1.165) is 32.1 Å². The molecule has 3 amide bonds.